The Morgan fingerprint density at radius 2 is 1.42 bits per heavy atom. The summed E-state index contributed by atoms with van der Waals surface area (Å²) < 4.78 is 5.26. The molecule has 0 bridgehead atoms. The predicted octanol–water partition coefficient (Wildman–Crippen LogP) is 4.33. The minimum absolute atomic E-state index is 0.0587. The largest absolute Gasteiger partial charge is 0.478 e. The number of carboxylic acid groups (broad SMARTS) is 1. The number of carboxylic acids is 1. The zero-order valence-corrected chi connectivity index (χ0v) is 16.3. The number of ether oxygens (including phenoxy) is 1. The third kappa shape index (κ3) is 4.48. The second kappa shape index (κ2) is 8.59. The SMILES string of the molecule is O=C1OC(c2ccc(C(=O)O)cc2)N=C1/C=C/c1ccc(C(=O)c2ccccc2)cc1. The molecule has 4 rings (SSSR count). The zero-order valence-electron chi connectivity index (χ0n) is 16.3. The van der Waals surface area contributed by atoms with Crippen molar-refractivity contribution in [1.82, 2.24) is 0 Å². The highest BCUT2D eigenvalue weighted by Crippen LogP contribution is 2.25. The van der Waals surface area contributed by atoms with Crippen LogP contribution in [-0.4, -0.2) is 28.5 Å². The van der Waals surface area contributed by atoms with Crippen LogP contribution in [0.1, 0.15) is 43.6 Å². The number of benzene rings is 3. The van der Waals surface area contributed by atoms with Gasteiger partial charge < -0.3 is 9.84 Å². The quantitative estimate of drug-likeness (QED) is 0.482. The molecule has 6 nitrogen and oxygen atoms in total. The van der Waals surface area contributed by atoms with Crippen LogP contribution in [0.4, 0.5) is 0 Å². The van der Waals surface area contributed by atoms with E-state index >= 15 is 0 Å². The molecule has 1 heterocycles. The molecule has 0 saturated carbocycles. The van der Waals surface area contributed by atoms with Crippen LogP contribution in [0.5, 0.6) is 0 Å². The Hall–Kier alpha value is -4.32. The Bertz CT molecular complexity index is 1190. The molecule has 0 radical (unpaired) electrons. The summed E-state index contributed by atoms with van der Waals surface area (Å²) in [6.07, 6.45) is 2.47. The number of aliphatic imine (C=N–C) groups is 1. The number of hydrogen-bond donors (Lipinski definition) is 1. The van der Waals surface area contributed by atoms with E-state index in [2.05, 4.69) is 4.99 Å². The third-order valence-electron chi connectivity index (χ3n) is 4.77. The summed E-state index contributed by atoms with van der Waals surface area (Å²) in [7, 11) is 0. The van der Waals surface area contributed by atoms with Gasteiger partial charge in [-0.05, 0) is 23.8 Å². The summed E-state index contributed by atoms with van der Waals surface area (Å²) in [4.78, 5) is 39.8. The average molecular weight is 411 g/mol. The number of carbonyl (C=O) groups is 3. The van der Waals surface area contributed by atoms with E-state index in [9.17, 15) is 14.4 Å². The Morgan fingerprint density at radius 3 is 2.06 bits per heavy atom. The molecule has 0 aliphatic carbocycles. The van der Waals surface area contributed by atoms with E-state index in [4.69, 9.17) is 9.84 Å². The van der Waals surface area contributed by atoms with Gasteiger partial charge in [-0.25, -0.2) is 14.6 Å². The maximum absolute atomic E-state index is 12.5. The summed E-state index contributed by atoms with van der Waals surface area (Å²) >= 11 is 0. The fourth-order valence-corrected chi connectivity index (χ4v) is 3.09. The Balaban J connectivity index is 1.46. The van der Waals surface area contributed by atoms with Crippen LogP contribution < -0.4 is 0 Å². The monoisotopic (exact) mass is 411 g/mol. The van der Waals surface area contributed by atoms with Crippen molar-refractivity contribution in [2.75, 3.05) is 0 Å². The van der Waals surface area contributed by atoms with E-state index in [1.807, 2.05) is 18.2 Å². The first-order valence-electron chi connectivity index (χ1n) is 9.51. The van der Waals surface area contributed by atoms with Gasteiger partial charge >= 0.3 is 11.9 Å². The number of aromatic carboxylic acids is 1. The molecule has 1 aliphatic rings. The normalized spacial score (nSPS) is 15.5. The lowest BCUT2D eigenvalue weighted by Crippen LogP contribution is -2.07. The lowest BCUT2D eigenvalue weighted by Gasteiger charge is -2.06. The molecule has 3 aromatic rings. The number of nitrogens with zero attached hydrogens (tertiary/aromatic N) is 1. The number of rotatable bonds is 6. The standard InChI is InChI=1S/C25H17NO5/c27-22(17-4-2-1-3-5-17)18-9-6-16(7-10-18)8-15-21-25(30)31-23(26-21)19-11-13-20(14-12-19)24(28)29/h1-15,23H,(H,28,29)/b15-8+. The molecule has 0 saturated heterocycles. The molecule has 152 valence electrons. The molecular weight excluding hydrogens is 394 g/mol. The fraction of sp³-hybridized carbons (Fsp3) is 0.0400. The fourth-order valence-electron chi connectivity index (χ4n) is 3.09. The zero-order chi connectivity index (χ0) is 21.8. The lowest BCUT2D eigenvalue weighted by atomic mass is 10.0. The van der Waals surface area contributed by atoms with E-state index in [-0.39, 0.29) is 17.1 Å². The molecule has 6 heteroatoms. The van der Waals surface area contributed by atoms with E-state index in [1.54, 1.807) is 60.7 Å². The van der Waals surface area contributed by atoms with Gasteiger partial charge in [-0.1, -0.05) is 72.8 Å². The predicted molar refractivity (Wildman–Crippen MR) is 115 cm³/mol. The van der Waals surface area contributed by atoms with Crippen molar-refractivity contribution in [3.8, 4) is 0 Å². The highest BCUT2D eigenvalue weighted by Gasteiger charge is 2.26. The number of ketones is 1. The molecule has 31 heavy (non-hydrogen) atoms. The van der Waals surface area contributed by atoms with Crippen molar-refractivity contribution in [2.24, 2.45) is 4.99 Å². The minimum Gasteiger partial charge on any atom is -0.478 e. The molecular formula is C25H17NO5. The molecule has 3 aromatic carbocycles. The molecule has 0 amide bonds. The van der Waals surface area contributed by atoms with Gasteiger partial charge in [0.25, 0.3) is 0 Å². The summed E-state index contributed by atoms with van der Waals surface area (Å²) in [5.74, 6) is -1.64. The average Bonchev–Trinajstić information content (AvgIpc) is 3.18. The maximum atomic E-state index is 12.5. The van der Waals surface area contributed by atoms with Crippen LogP contribution >= 0.6 is 0 Å². The number of hydrogen-bond acceptors (Lipinski definition) is 5. The van der Waals surface area contributed by atoms with Crippen molar-refractivity contribution in [2.45, 2.75) is 6.23 Å². The minimum atomic E-state index is -1.03. The first-order valence-corrected chi connectivity index (χ1v) is 9.51. The van der Waals surface area contributed by atoms with Crippen LogP contribution in [-0.2, 0) is 9.53 Å². The summed E-state index contributed by atoms with van der Waals surface area (Å²) in [6.45, 7) is 0. The number of carbonyl (C=O) groups excluding carboxylic acids is 2. The van der Waals surface area contributed by atoms with Gasteiger partial charge in [0, 0.05) is 16.7 Å². The molecule has 0 spiro atoms. The van der Waals surface area contributed by atoms with Crippen molar-refractivity contribution >= 4 is 29.5 Å². The molecule has 0 fully saturated rings. The topological polar surface area (TPSA) is 93.0 Å². The summed E-state index contributed by atoms with van der Waals surface area (Å²) in [5, 5.41) is 8.97. The highest BCUT2D eigenvalue weighted by molar-refractivity contribution is 6.43. The first kappa shape index (κ1) is 20.0. The highest BCUT2D eigenvalue weighted by atomic mass is 16.6. The molecule has 1 N–H and O–H groups in total. The van der Waals surface area contributed by atoms with Gasteiger partial charge in [-0.15, -0.1) is 0 Å². The van der Waals surface area contributed by atoms with Gasteiger partial charge in [-0.3, -0.25) is 4.79 Å². The van der Waals surface area contributed by atoms with E-state index < -0.39 is 18.2 Å². The van der Waals surface area contributed by atoms with Crippen molar-refractivity contribution in [3.63, 3.8) is 0 Å². The summed E-state index contributed by atoms with van der Waals surface area (Å²) in [5.41, 5.74) is 2.89. The number of esters is 1. The van der Waals surface area contributed by atoms with Crippen LogP contribution in [0.25, 0.3) is 6.08 Å². The smallest absolute Gasteiger partial charge is 0.358 e. The maximum Gasteiger partial charge on any atom is 0.358 e. The number of cyclic esters (lactones) is 1. The van der Waals surface area contributed by atoms with Gasteiger partial charge in [0.15, 0.2) is 5.78 Å². The second-order valence-corrected chi connectivity index (χ2v) is 6.85. The lowest BCUT2D eigenvalue weighted by molar-refractivity contribution is -0.137. The Labute approximate surface area is 178 Å². The van der Waals surface area contributed by atoms with Crippen molar-refractivity contribution < 1.29 is 24.2 Å². The van der Waals surface area contributed by atoms with E-state index in [0.29, 0.717) is 16.7 Å². The Kier molecular flexibility index (Phi) is 5.53. The van der Waals surface area contributed by atoms with Crippen molar-refractivity contribution in [3.05, 3.63) is 113 Å². The summed E-state index contributed by atoms with van der Waals surface area (Å²) in [6, 6.07) is 22.1. The molecule has 1 unspecified atom stereocenters. The molecule has 1 aliphatic heterocycles. The van der Waals surface area contributed by atoms with Crippen molar-refractivity contribution in [1.29, 1.82) is 0 Å². The Morgan fingerprint density at radius 1 is 0.806 bits per heavy atom. The molecule has 1 atom stereocenters. The van der Waals surface area contributed by atoms with Gasteiger partial charge in [0.1, 0.15) is 5.71 Å². The van der Waals surface area contributed by atoms with Crippen LogP contribution in [0.15, 0.2) is 89.9 Å². The van der Waals surface area contributed by atoms with E-state index in [1.165, 1.54) is 12.1 Å². The molecule has 0 aromatic heterocycles. The van der Waals surface area contributed by atoms with Gasteiger partial charge in [0.2, 0.25) is 6.23 Å². The van der Waals surface area contributed by atoms with E-state index in [0.717, 1.165) is 5.56 Å². The third-order valence-corrected chi connectivity index (χ3v) is 4.77. The van der Waals surface area contributed by atoms with Crippen LogP contribution in [0.3, 0.4) is 0 Å². The van der Waals surface area contributed by atoms with Crippen LogP contribution in [0.2, 0.25) is 0 Å². The van der Waals surface area contributed by atoms with Gasteiger partial charge in [-0.2, -0.15) is 0 Å². The second-order valence-electron chi connectivity index (χ2n) is 6.85. The van der Waals surface area contributed by atoms with Gasteiger partial charge in [0.05, 0.1) is 5.56 Å². The first-order chi connectivity index (χ1) is 15.0. The van der Waals surface area contributed by atoms with Crippen LogP contribution in [0, 0.1) is 0 Å².